The molecule has 112 valence electrons. The molecule has 1 aromatic rings. The fourth-order valence-electron chi connectivity index (χ4n) is 2.63. The lowest BCUT2D eigenvalue weighted by Crippen LogP contribution is -2.40. The molecule has 2 N–H and O–H groups in total. The van der Waals surface area contributed by atoms with E-state index in [-0.39, 0.29) is 23.8 Å². The maximum Gasteiger partial charge on any atom is 0.261 e. The summed E-state index contributed by atoms with van der Waals surface area (Å²) in [7, 11) is 0. The maximum atomic E-state index is 12.3. The number of carbonyl (C=O) groups excluding carboxylic acids is 1. The number of fused-ring (bicyclic) bond motifs is 1. The van der Waals surface area contributed by atoms with Crippen LogP contribution in [0.15, 0.2) is 6.07 Å². The van der Waals surface area contributed by atoms with Gasteiger partial charge in [0, 0.05) is 16.2 Å². The molecule has 0 bridgehead atoms. The van der Waals surface area contributed by atoms with Gasteiger partial charge in [0.1, 0.15) is 0 Å². The van der Waals surface area contributed by atoms with Crippen LogP contribution in [0.5, 0.6) is 0 Å². The van der Waals surface area contributed by atoms with E-state index in [0.29, 0.717) is 0 Å². The van der Waals surface area contributed by atoms with E-state index in [1.807, 2.05) is 13.2 Å². The summed E-state index contributed by atoms with van der Waals surface area (Å²) in [5.74, 6) is 0.722. The van der Waals surface area contributed by atoms with Crippen LogP contribution in [0.25, 0.3) is 0 Å². The van der Waals surface area contributed by atoms with Gasteiger partial charge in [0.05, 0.1) is 11.5 Å². The normalized spacial score (nSPS) is 21.1. The Hall–Kier alpha value is -0.520. The van der Waals surface area contributed by atoms with Crippen LogP contribution in [0.3, 0.4) is 0 Å². The van der Waals surface area contributed by atoms with E-state index in [2.05, 4.69) is 18.3 Å². The van der Waals surface area contributed by atoms with Crippen molar-refractivity contribution in [1.29, 1.82) is 0 Å². The molecular formula is C15H23NO2S2. The second kappa shape index (κ2) is 6.96. The molecule has 0 aromatic carbocycles. The van der Waals surface area contributed by atoms with Crippen molar-refractivity contribution >= 4 is 29.0 Å². The molecule has 1 aliphatic carbocycles. The highest BCUT2D eigenvalue weighted by Gasteiger charge is 2.23. The van der Waals surface area contributed by atoms with Crippen molar-refractivity contribution < 1.29 is 9.90 Å². The smallest absolute Gasteiger partial charge is 0.261 e. The minimum Gasteiger partial charge on any atom is -0.395 e. The Bertz CT molecular complexity index is 468. The number of amides is 1. The van der Waals surface area contributed by atoms with Gasteiger partial charge in [-0.25, -0.2) is 0 Å². The number of nitrogens with one attached hydrogen (secondary N) is 1. The van der Waals surface area contributed by atoms with Crippen LogP contribution in [0.2, 0.25) is 0 Å². The van der Waals surface area contributed by atoms with Gasteiger partial charge in [-0.3, -0.25) is 4.79 Å². The zero-order valence-electron chi connectivity index (χ0n) is 12.3. The first-order chi connectivity index (χ1) is 9.55. The van der Waals surface area contributed by atoms with Crippen LogP contribution < -0.4 is 5.32 Å². The summed E-state index contributed by atoms with van der Waals surface area (Å²) in [6, 6.07) is 2.03. The van der Waals surface area contributed by atoms with E-state index in [4.69, 9.17) is 0 Å². The number of hydrogen-bond acceptors (Lipinski definition) is 4. The van der Waals surface area contributed by atoms with Crippen LogP contribution in [-0.2, 0) is 12.8 Å². The Labute approximate surface area is 129 Å². The number of thiophene rings is 1. The van der Waals surface area contributed by atoms with Crippen molar-refractivity contribution in [1.82, 2.24) is 5.32 Å². The fourth-order valence-corrected chi connectivity index (χ4v) is 4.36. The predicted molar refractivity (Wildman–Crippen MR) is 86.8 cm³/mol. The lowest BCUT2D eigenvalue weighted by molar-refractivity contribution is 0.0940. The maximum absolute atomic E-state index is 12.3. The first-order valence-electron chi connectivity index (χ1n) is 7.11. The molecule has 0 saturated carbocycles. The summed E-state index contributed by atoms with van der Waals surface area (Å²) in [6.07, 6.45) is 5.38. The van der Waals surface area contributed by atoms with Gasteiger partial charge in [0.2, 0.25) is 0 Å². The highest BCUT2D eigenvalue weighted by molar-refractivity contribution is 7.99. The van der Waals surface area contributed by atoms with Crippen LogP contribution in [-0.4, -0.2) is 35.2 Å². The average molecular weight is 313 g/mol. The Balaban J connectivity index is 2.03. The lowest BCUT2D eigenvalue weighted by Gasteiger charge is -2.20. The van der Waals surface area contributed by atoms with Crippen molar-refractivity contribution in [2.75, 3.05) is 12.9 Å². The fraction of sp³-hybridized carbons (Fsp3) is 0.667. The Morgan fingerprint density at radius 1 is 1.65 bits per heavy atom. The third-order valence-corrected chi connectivity index (χ3v) is 6.35. The predicted octanol–water partition coefficient (Wildman–Crippen LogP) is 2.72. The monoisotopic (exact) mass is 313 g/mol. The Kier molecular flexibility index (Phi) is 5.52. The molecular weight excluding hydrogens is 290 g/mol. The van der Waals surface area contributed by atoms with Crippen molar-refractivity contribution in [3.05, 3.63) is 21.4 Å². The molecule has 0 saturated heterocycles. The topological polar surface area (TPSA) is 49.3 Å². The van der Waals surface area contributed by atoms with E-state index < -0.39 is 0 Å². The summed E-state index contributed by atoms with van der Waals surface area (Å²) < 4.78 is 0. The summed E-state index contributed by atoms with van der Waals surface area (Å²) in [5.41, 5.74) is 1.36. The number of aliphatic hydroxyl groups excluding tert-OH is 1. The van der Waals surface area contributed by atoms with E-state index >= 15 is 0 Å². The van der Waals surface area contributed by atoms with Gasteiger partial charge in [0.25, 0.3) is 5.91 Å². The highest BCUT2D eigenvalue weighted by Crippen LogP contribution is 2.32. The summed E-state index contributed by atoms with van der Waals surface area (Å²) in [4.78, 5) is 14.5. The van der Waals surface area contributed by atoms with Crippen molar-refractivity contribution in [2.45, 2.75) is 44.4 Å². The van der Waals surface area contributed by atoms with Crippen molar-refractivity contribution in [2.24, 2.45) is 5.92 Å². The van der Waals surface area contributed by atoms with Crippen molar-refractivity contribution in [3.8, 4) is 0 Å². The van der Waals surface area contributed by atoms with E-state index in [0.717, 1.165) is 23.6 Å². The number of thioether (sulfide) groups is 1. The number of aryl methyl sites for hydroxylation is 1. The van der Waals surface area contributed by atoms with Gasteiger partial charge < -0.3 is 10.4 Å². The molecule has 1 aromatic heterocycles. The Morgan fingerprint density at radius 2 is 2.40 bits per heavy atom. The van der Waals surface area contributed by atoms with Crippen molar-refractivity contribution in [3.63, 3.8) is 0 Å². The second-order valence-corrected chi connectivity index (χ2v) is 7.84. The highest BCUT2D eigenvalue weighted by atomic mass is 32.2. The zero-order chi connectivity index (χ0) is 14.7. The molecule has 0 spiro atoms. The number of hydrogen-bond donors (Lipinski definition) is 2. The molecule has 3 nitrogen and oxygen atoms in total. The van der Waals surface area contributed by atoms with E-state index in [1.165, 1.54) is 16.9 Å². The summed E-state index contributed by atoms with van der Waals surface area (Å²) in [5, 5.41) is 12.3. The molecule has 0 fully saturated rings. The molecule has 2 rings (SSSR count). The zero-order valence-corrected chi connectivity index (χ0v) is 13.9. The summed E-state index contributed by atoms with van der Waals surface area (Å²) in [6.45, 7) is 4.30. The minimum absolute atomic E-state index is 0.00273. The molecule has 1 aliphatic rings. The van der Waals surface area contributed by atoms with Gasteiger partial charge in [-0.15, -0.1) is 11.3 Å². The van der Waals surface area contributed by atoms with E-state index in [9.17, 15) is 9.90 Å². The average Bonchev–Trinajstić information content (AvgIpc) is 2.83. The number of aliphatic hydroxyl groups is 1. The van der Waals surface area contributed by atoms with Gasteiger partial charge in [0.15, 0.2) is 0 Å². The third kappa shape index (κ3) is 3.57. The Morgan fingerprint density at radius 3 is 3.05 bits per heavy atom. The van der Waals surface area contributed by atoms with E-state index in [1.54, 1.807) is 23.1 Å². The minimum atomic E-state index is -0.0273. The molecule has 5 heteroatoms. The van der Waals surface area contributed by atoms with Crippen LogP contribution in [0.1, 0.15) is 40.4 Å². The standard InChI is InChI=1S/C15H23NO2S2/c1-9-4-5-12-11(6-9)7-13(20-12)15(18)16-10(2)14(8-17)19-3/h7,9-10,14,17H,4-6,8H2,1-3H3,(H,16,18). The first kappa shape index (κ1) is 15.9. The molecule has 20 heavy (non-hydrogen) atoms. The third-order valence-electron chi connectivity index (χ3n) is 3.95. The van der Waals surface area contributed by atoms with Gasteiger partial charge in [-0.05, 0) is 50.0 Å². The molecule has 1 amide bonds. The van der Waals surface area contributed by atoms with Crippen LogP contribution in [0.4, 0.5) is 0 Å². The van der Waals surface area contributed by atoms with Crippen LogP contribution >= 0.6 is 23.1 Å². The van der Waals surface area contributed by atoms with Gasteiger partial charge >= 0.3 is 0 Å². The number of carbonyl (C=O) groups is 1. The number of rotatable bonds is 5. The largest absolute Gasteiger partial charge is 0.395 e. The van der Waals surface area contributed by atoms with Gasteiger partial charge in [-0.1, -0.05) is 6.92 Å². The quantitative estimate of drug-likeness (QED) is 0.879. The SMILES string of the molecule is CSC(CO)C(C)NC(=O)c1cc2c(s1)CCC(C)C2. The van der Waals surface area contributed by atoms with Crippen LogP contribution in [0, 0.1) is 5.92 Å². The first-order valence-corrected chi connectivity index (χ1v) is 9.21. The second-order valence-electron chi connectivity index (χ2n) is 5.63. The molecule has 1 heterocycles. The molecule has 3 atom stereocenters. The van der Waals surface area contributed by atoms with Gasteiger partial charge in [-0.2, -0.15) is 11.8 Å². The molecule has 3 unspecified atom stereocenters. The molecule has 0 radical (unpaired) electrons. The summed E-state index contributed by atoms with van der Waals surface area (Å²) >= 11 is 3.21. The molecule has 0 aliphatic heterocycles. The lowest BCUT2D eigenvalue weighted by atomic mass is 9.90.